The molecule has 2 heterocycles. The molecular weight excluding hydrogens is 322 g/mol. The van der Waals surface area contributed by atoms with Crippen molar-refractivity contribution in [2.45, 2.75) is 0 Å². The van der Waals surface area contributed by atoms with Crippen LogP contribution in [0.3, 0.4) is 0 Å². The highest BCUT2D eigenvalue weighted by atomic mass is 32.1. The number of hydrogen-bond acceptors (Lipinski definition) is 7. The van der Waals surface area contributed by atoms with Crippen LogP contribution < -0.4 is 11.5 Å². The van der Waals surface area contributed by atoms with Crippen LogP contribution in [-0.2, 0) is 0 Å². The van der Waals surface area contributed by atoms with E-state index in [9.17, 15) is 4.79 Å². The Morgan fingerprint density at radius 1 is 1.08 bits per heavy atom. The van der Waals surface area contributed by atoms with E-state index in [1.807, 2.05) is 56.4 Å². The van der Waals surface area contributed by atoms with Gasteiger partial charge < -0.3 is 16.4 Å². The summed E-state index contributed by atoms with van der Waals surface area (Å²) in [5.41, 5.74) is 11.9. The maximum Gasteiger partial charge on any atom is 0.221 e. The number of rotatable bonds is 2. The summed E-state index contributed by atoms with van der Waals surface area (Å²) in [6, 6.07) is 11.5. The van der Waals surface area contributed by atoms with E-state index in [0.29, 0.717) is 4.88 Å². The smallest absolute Gasteiger partial charge is 0.221 e. The third-order valence-electron chi connectivity index (χ3n) is 2.59. The van der Waals surface area contributed by atoms with Crippen LogP contribution in [0, 0.1) is 0 Å². The van der Waals surface area contributed by atoms with Gasteiger partial charge in [0, 0.05) is 10.9 Å². The molecule has 0 saturated heterocycles. The van der Waals surface area contributed by atoms with Gasteiger partial charge in [0.2, 0.25) is 5.95 Å². The fraction of sp³-hybridized carbons (Fsp3) is 0.235. The van der Waals surface area contributed by atoms with Crippen LogP contribution in [0.25, 0.3) is 21.5 Å². The number of anilines is 1. The number of thiophene rings is 1. The molecule has 0 aliphatic heterocycles. The van der Waals surface area contributed by atoms with E-state index in [0.717, 1.165) is 27.8 Å². The van der Waals surface area contributed by atoms with Crippen LogP contribution >= 0.6 is 11.3 Å². The average Bonchev–Trinajstić information content (AvgIpc) is 2.99. The maximum atomic E-state index is 10.8. The molecule has 3 aromatic rings. The summed E-state index contributed by atoms with van der Waals surface area (Å²) in [4.78, 5) is 22.6. The van der Waals surface area contributed by atoms with Crippen molar-refractivity contribution < 1.29 is 4.79 Å². The zero-order valence-electron chi connectivity index (χ0n) is 14.4. The standard InChI is InChI=1S/C13H9N3OS.C3H9N.CH5N/c14-13-15-11(8-4-2-1-3-5-8)10-6-9(7-17)18-12(10)16-13;1-4(2)3;1-2/h1-7H,(H2,14,15,16);1-3H3;2H2,1H3. The number of fused-ring (bicyclic) bond motifs is 1. The molecule has 128 valence electrons. The van der Waals surface area contributed by atoms with Crippen LogP contribution in [0.1, 0.15) is 9.67 Å². The van der Waals surface area contributed by atoms with Gasteiger partial charge in [0.25, 0.3) is 0 Å². The van der Waals surface area contributed by atoms with Crippen molar-refractivity contribution in [2.24, 2.45) is 5.73 Å². The lowest BCUT2D eigenvalue weighted by Gasteiger charge is -2.03. The van der Waals surface area contributed by atoms with E-state index < -0.39 is 0 Å². The summed E-state index contributed by atoms with van der Waals surface area (Å²) < 4.78 is 0. The molecule has 0 saturated carbocycles. The molecule has 0 bridgehead atoms. The summed E-state index contributed by atoms with van der Waals surface area (Å²) >= 11 is 1.32. The Labute approximate surface area is 146 Å². The van der Waals surface area contributed by atoms with Gasteiger partial charge in [0.15, 0.2) is 6.29 Å². The fourth-order valence-corrected chi connectivity index (χ4v) is 2.68. The molecule has 0 aliphatic carbocycles. The van der Waals surface area contributed by atoms with E-state index >= 15 is 0 Å². The first kappa shape index (κ1) is 19.7. The lowest BCUT2D eigenvalue weighted by atomic mass is 10.1. The van der Waals surface area contributed by atoms with Crippen molar-refractivity contribution in [1.29, 1.82) is 0 Å². The molecular formula is C17H23N5OS. The zero-order valence-corrected chi connectivity index (χ0v) is 15.2. The Bertz CT molecular complexity index is 768. The molecule has 0 fully saturated rings. The van der Waals surface area contributed by atoms with Gasteiger partial charge in [-0.05, 0) is 34.3 Å². The molecule has 0 amide bonds. The van der Waals surface area contributed by atoms with Gasteiger partial charge in [-0.2, -0.15) is 0 Å². The molecule has 1 aromatic carbocycles. The average molecular weight is 345 g/mol. The lowest BCUT2D eigenvalue weighted by molar-refractivity contribution is 0.112. The Morgan fingerprint density at radius 3 is 2.21 bits per heavy atom. The number of aldehydes is 1. The van der Waals surface area contributed by atoms with E-state index in [1.165, 1.54) is 18.4 Å². The Kier molecular flexibility index (Phi) is 7.97. The van der Waals surface area contributed by atoms with Crippen molar-refractivity contribution in [3.63, 3.8) is 0 Å². The van der Waals surface area contributed by atoms with Crippen molar-refractivity contribution in [2.75, 3.05) is 33.9 Å². The normalized spacial score (nSPS) is 9.75. The number of carbonyl (C=O) groups excluding carboxylic acids is 1. The van der Waals surface area contributed by atoms with Gasteiger partial charge in [0.05, 0.1) is 10.6 Å². The first-order valence-electron chi connectivity index (χ1n) is 7.27. The Balaban J connectivity index is 0.000000423. The first-order chi connectivity index (χ1) is 11.5. The Hall–Kier alpha value is -2.35. The lowest BCUT2D eigenvalue weighted by Crippen LogP contribution is -1.99. The topological polar surface area (TPSA) is 98.1 Å². The minimum absolute atomic E-state index is 0.223. The SMILES string of the molecule is CN.CN(C)C.Nc1nc(-c2ccccc2)c2cc(C=O)sc2n1. The van der Waals surface area contributed by atoms with Crippen LogP contribution in [0.4, 0.5) is 5.95 Å². The van der Waals surface area contributed by atoms with E-state index in [-0.39, 0.29) is 5.95 Å². The largest absolute Gasteiger partial charge is 0.368 e. The number of nitrogens with two attached hydrogens (primary N) is 2. The molecule has 0 atom stereocenters. The number of carbonyl (C=O) groups is 1. The molecule has 4 N–H and O–H groups in total. The summed E-state index contributed by atoms with van der Waals surface area (Å²) in [6.45, 7) is 0. The van der Waals surface area contributed by atoms with Crippen molar-refractivity contribution in [3.05, 3.63) is 41.3 Å². The highest BCUT2D eigenvalue weighted by Crippen LogP contribution is 2.31. The van der Waals surface area contributed by atoms with Gasteiger partial charge in [-0.15, -0.1) is 11.3 Å². The van der Waals surface area contributed by atoms with E-state index in [2.05, 4.69) is 15.7 Å². The first-order valence-corrected chi connectivity index (χ1v) is 8.09. The van der Waals surface area contributed by atoms with Crippen molar-refractivity contribution >= 4 is 33.8 Å². The number of benzene rings is 1. The maximum absolute atomic E-state index is 10.8. The highest BCUT2D eigenvalue weighted by Gasteiger charge is 2.11. The van der Waals surface area contributed by atoms with Crippen molar-refractivity contribution in [3.8, 4) is 11.3 Å². The predicted octanol–water partition coefficient (Wildman–Crippen LogP) is 2.51. The third kappa shape index (κ3) is 5.38. The second-order valence-corrected chi connectivity index (χ2v) is 6.19. The monoisotopic (exact) mass is 345 g/mol. The Morgan fingerprint density at radius 2 is 1.67 bits per heavy atom. The summed E-state index contributed by atoms with van der Waals surface area (Å²) in [7, 11) is 7.50. The number of nitrogens with zero attached hydrogens (tertiary/aromatic N) is 3. The quantitative estimate of drug-likeness (QED) is 0.693. The van der Waals surface area contributed by atoms with Gasteiger partial charge >= 0.3 is 0 Å². The second kappa shape index (κ2) is 9.71. The molecule has 24 heavy (non-hydrogen) atoms. The molecule has 6 nitrogen and oxygen atoms in total. The van der Waals surface area contributed by atoms with Crippen molar-refractivity contribution in [1.82, 2.24) is 14.9 Å². The van der Waals surface area contributed by atoms with Crippen LogP contribution in [0.5, 0.6) is 0 Å². The van der Waals surface area contributed by atoms with Crippen LogP contribution in [-0.4, -0.2) is 49.3 Å². The molecule has 0 spiro atoms. The van der Waals surface area contributed by atoms with E-state index in [1.54, 1.807) is 6.07 Å². The minimum atomic E-state index is 0.223. The summed E-state index contributed by atoms with van der Waals surface area (Å²) in [6.07, 6.45) is 0.817. The molecule has 3 rings (SSSR count). The second-order valence-electron chi connectivity index (χ2n) is 5.12. The van der Waals surface area contributed by atoms with Crippen LogP contribution in [0.2, 0.25) is 0 Å². The molecule has 7 heteroatoms. The minimum Gasteiger partial charge on any atom is -0.368 e. The van der Waals surface area contributed by atoms with Gasteiger partial charge in [-0.25, -0.2) is 9.97 Å². The highest BCUT2D eigenvalue weighted by molar-refractivity contribution is 7.20. The molecule has 0 radical (unpaired) electrons. The third-order valence-corrected chi connectivity index (χ3v) is 3.55. The number of aromatic nitrogens is 2. The fourth-order valence-electron chi connectivity index (χ4n) is 1.83. The molecule has 0 aliphatic rings. The van der Waals surface area contributed by atoms with Crippen LogP contribution in [0.15, 0.2) is 36.4 Å². The molecule has 2 aromatic heterocycles. The van der Waals surface area contributed by atoms with E-state index in [4.69, 9.17) is 5.73 Å². The summed E-state index contributed by atoms with van der Waals surface area (Å²) in [5.74, 6) is 0.223. The predicted molar refractivity (Wildman–Crippen MR) is 102 cm³/mol. The van der Waals surface area contributed by atoms with Gasteiger partial charge in [-0.3, -0.25) is 4.79 Å². The van der Waals surface area contributed by atoms with Gasteiger partial charge in [-0.1, -0.05) is 30.3 Å². The van der Waals surface area contributed by atoms with Gasteiger partial charge in [0.1, 0.15) is 4.83 Å². The number of hydrogen-bond donors (Lipinski definition) is 2. The summed E-state index contributed by atoms with van der Waals surface area (Å²) in [5, 5.41) is 0.863. The molecule has 0 unspecified atom stereocenters. The zero-order chi connectivity index (χ0) is 18.1. The number of nitrogen functional groups attached to an aromatic ring is 1.